The number of halogens is 2. The van der Waals surface area contributed by atoms with Crippen molar-refractivity contribution >= 4 is 32.4 Å². The molecule has 2 nitrogen and oxygen atoms in total. The predicted octanol–water partition coefficient (Wildman–Crippen LogP) is 9.35. The molecule has 6 heteroatoms. The van der Waals surface area contributed by atoms with Crippen LogP contribution in [0.5, 0.6) is 0 Å². The predicted molar refractivity (Wildman–Crippen MR) is 161 cm³/mol. The second-order valence-electron chi connectivity index (χ2n) is 13.1. The van der Waals surface area contributed by atoms with Crippen molar-refractivity contribution in [2.24, 2.45) is 11.8 Å². The van der Waals surface area contributed by atoms with Gasteiger partial charge in [0.15, 0.2) is 0 Å². The molecule has 0 bridgehead atoms. The minimum atomic E-state index is -1.49. The van der Waals surface area contributed by atoms with Crippen LogP contribution in [0.2, 0.25) is 18.6 Å². The molecule has 3 unspecified atom stereocenters. The number of hydrogen-bond acceptors (Lipinski definition) is 1. The van der Waals surface area contributed by atoms with Crippen LogP contribution in [0.15, 0.2) is 36.4 Å². The molecule has 1 saturated heterocycles. The van der Waals surface area contributed by atoms with Crippen molar-refractivity contribution in [1.82, 2.24) is 4.57 Å². The van der Waals surface area contributed by atoms with Crippen LogP contribution >= 0.6 is 18.6 Å². The number of piperazine rings is 1. The SMILES string of the molecule is CC(C)(C)c1cc(C2=CC=CC3C2CCC3[Si](C)(C)N2CC[N-]CC2)cc(C(C)(C)C)c1.[CH3-].[Cl][Ti][Cl]. The van der Waals surface area contributed by atoms with Crippen LogP contribution in [0.25, 0.3) is 10.9 Å². The number of benzene rings is 1. The van der Waals surface area contributed by atoms with E-state index in [1.165, 1.54) is 42.6 Å². The molecule has 3 aliphatic rings. The third-order valence-electron chi connectivity index (χ3n) is 8.50. The summed E-state index contributed by atoms with van der Waals surface area (Å²) in [5, 5.41) is 4.61. The molecule has 36 heavy (non-hydrogen) atoms. The molecule has 202 valence electrons. The van der Waals surface area contributed by atoms with Crippen LogP contribution in [0.1, 0.15) is 71.1 Å². The van der Waals surface area contributed by atoms with E-state index in [0.717, 1.165) is 18.6 Å². The molecule has 1 saturated carbocycles. The monoisotopic (exact) mass is 582 g/mol. The summed E-state index contributed by atoms with van der Waals surface area (Å²) in [5.41, 5.74) is 7.16. The van der Waals surface area contributed by atoms with Crippen molar-refractivity contribution in [3.8, 4) is 0 Å². The molecule has 3 atom stereocenters. The van der Waals surface area contributed by atoms with Gasteiger partial charge in [-0.3, -0.25) is 0 Å². The Balaban J connectivity index is 0.00000109. The van der Waals surface area contributed by atoms with Crippen LogP contribution in [0.4, 0.5) is 0 Å². The molecule has 1 heterocycles. The van der Waals surface area contributed by atoms with Crippen molar-refractivity contribution in [3.05, 3.63) is 65.9 Å². The van der Waals surface area contributed by atoms with Gasteiger partial charge in [-0.25, -0.2) is 0 Å². The summed E-state index contributed by atoms with van der Waals surface area (Å²) in [4.78, 5) is 0. The first kappa shape index (κ1) is 32.3. The second-order valence-corrected chi connectivity index (χ2v) is 20.3. The first-order valence-corrected chi connectivity index (χ1v) is 20.5. The van der Waals surface area contributed by atoms with E-state index in [1.807, 2.05) is 0 Å². The Hall–Kier alpha value is 0.131. The first-order chi connectivity index (χ1) is 16.3. The number of rotatable bonds is 3. The molecule has 1 aromatic rings. The summed E-state index contributed by atoms with van der Waals surface area (Å²) in [5.74, 6) is 1.38. The quantitative estimate of drug-likeness (QED) is 0.256. The topological polar surface area (TPSA) is 17.3 Å². The third-order valence-corrected chi connectivity index (χ3v) is 13.1. The minimum absolute atomic E-state index is 0. The fourth-order valence-corrected chi connectivity index (χ4v) is 10.3. The Morgan fingerprint density at radius 3 is 1.94 bits per heavy atom. The van der Waals surface area contributed by atoms with Gasteiger partial charge in [0.05, 0.1) is 0 Å². The van der Waals surface area contributed by atoms with Crippen LogP contribution in [0, 0.1) is 19.3 Å². The Bertz CT molecular complexity index is 892. The van der Waals surface area contributed by atoms with Crippen molar-refractivity contribution in [2.75, 3.05) is 26.2 Å². The number of hydrogen-bond donors (Lipinski definition) is 0. The van der Waals surface area contributed by atoms with E-state index < -0.39 is 25.3 Å². The van der Waals surface area contributed by atoms with Gasteiger partial charge >= 0.3 is 35.6 Å². The molecule has 0 aromatic heterocycles. The average Bonchev–Trinajstić information content (AvgIpc) is 3.24. The number of fused-ring (bicyclic) bond motifs is 1. The molecule has 0 amide bonds. The van der Waals surface area contributed by atoms with Gasteiger partial charge in [0.2, 0.25) is 0 Å². The molecular formula is C30H48Cl2N2SiTi-2. The molecule has 0 spiro atoms. The molecule has 2 fully saturated rings. The van der Waals surface area contributed by atoms with Gasteiger partial charge in [-0.05, 0) is 70.0 Å². The van der Waals surface area contributed by atoms with Gasteiger partial charge in [-0.2, -0.15) is 0 Å². The summed E-state index contributed by atoms with van der Waals surface area (Å²) in [6.45, 7) is 23.8. The molecule has 1 aromatic carbocycles. The molecule has 1 aliphatic heterocycles. The summed E-state index contributed by atoms with van der Waals surface area (Å²) in [6.07, 6.45) is 10.1. The van der Waals surface area contributed by atoms with E-state index in [2.05, 4.69) is 101 Å². The Morgan fingerprint density at radius 1 is 0.917 bits per heavy atom. The second kappa shape index (κ2) is 13.0. The average molecular weight is 584 g/mol. The van der Waals surface area contributed by atoms with Crippen molar-refractivity contribution in [2.45, 2.75) is 83.8 Å². The first-order valence-electron chi connectivity index (χ1n) is 13.2. The van der Waals surface area contributed by atoms with Crippen LogP contribution in [-0.2, 0) is 27.9 Å². The van der Waals surface area contributed by atoms with Crippen molar-refractivity contribution < 1.29 is 17.0 Å². The van der Waals surface area contributed by atoms with E-state index in [4.69, 9.17) is 18.6 Å². The Morgan fingerprint density at radius 2 is 1.44 bits per heavy atom. The zero-order valence-corrected chi connectivity index (χ0v) is 28.2. The van der Waals surface area contributed by atoms with Crippen molar-refractivity contribution in [1.29, 1.82) is 0 Å². The maximum atomic E-state index is 4.89. The van der Waals surface area contributed by atoms with Gasteiger partial charge in [0.25, 0.3) is 0 Å². The van der Waals surface area contributed by atoms with Gasteiger partial charge in [0.1, 0.15) is 8.24 Å². The normalized spacial score (nSPS) is 24.7. The van der Waals surface area contributed by atoms with E-state index >= 15 is 0 Å². The van der Waals surface area contributed by atoms with Gasteiger partial charge in [-0.1, -0.05) is 97.5 Å². The van der Waals surface area contributed by atoms with E-state index in [0.29, 0.717) is 11.8 Å². The summed E-state index contributed by atoms with van der Waals surface area (Å²) < 4.78 is 2.86. The molecule has 0 radical (unpaired) electrons. The number of nitrogens with zero attached hydrogens (tertiary/aromatic N) is 2. The number of allylic oxidation sites excluding steroid dienone is 4. The summed E-state index contributed by atoms with van der Waals surface area (Å²) in [7, 11) is 8.28. The van der Waals surface area contributed by atoms with Crippen molar-refractivity contribution in [3.63, 3.8) is 0 Å². The van der Waals surface area contributed by atoms with Crippen LogP contribution < -0.4 is 0 Å². The van der Waals surface area contributed by atoms with Crippen LogP contribution in [-0.4, -0.2) is 39.0 Å². The molecule has 2 aliphatic carbocycles. The third kappa shape index (κ3) is 7.40. The standard InChI is InChI=1S/C29H45N2Si.CH3.2ClH.Ti/c1-28(2,3)22-18-21(19-23(20-22)29(4,5)6)24-10-9-11-26-25(24)12-13-27(26)32(7,8)31-16-14-30-15-17-31;;;;/h9-11,18-20,25-27H,12-17H2,1-8H3;1H3;2*1H;/q2*-1;;;+2/p-2. The van der Waals surface area contributed by atoms with E-state index in [9.17, 15) is 0 Å². The van der Waals surface area contributed by atoms with Crippen LogP contribution in [0.3, 0.4) is 0 Å². The molecule has 4 rings (SSSR count). The van der Waals surface area contributed by atoms with Gasteiger partial charge in [-0.15, -0.1) is 13.1 Å². The summed E-state index contributed by atoms with van der Waals surface area (Å²) >= 11 is -0.556. The van der Waals surface area contributed by atoms with E-state index in [-0.39, 0.29) is 18.3 Å². The summed E-state index contributed by atoms with van der Waals surface area (Å²) in [6, 6.07) is 7.45. The van der Waals surface area contributed by atoms with Gasteiger partial charge in [0, 0.05) is 0 Å². The Kier molecular flexibility index (Phi) is 11.7. The van der Waals surface area contributed by atoms with E-state index in [1.54, 1.807) is 5.57 Å². The fourth-order valence-electron chi connectivity index (χ4n) is 6.28. The van der Waals surface area contributed by atoms with Gasteiger partial charge < -0.3 is 17.3 Å². The fraction of sp³-hybridized carbons (Fsp3) is 0.633. The Labute approximate surface area is 240 Å². The zero-order chi connectivity index (χ0) is 26.0. The molecule has 0 N–H and O–H groups in total. The molecular weight excluding hydrogens is 535 g/mol. The zero-order valence-electron chi connectivity index (χ0n) is 24.1. The maximum absolute atomic E-state index is 4.89.